The van der Waals surface area contributed by atoms with Crippen LogP contribution in [-0.2, 0) is 83.2 Å². The highest BCUT2D eigenvalue weighted by Crippen LogP contribution is 2.49. The van der Waals surface area contributed by atoms with E-state index in [1.807, 2.05) is 12.1 Å². The molecule has 39 heteroatoms. The molecule has 0 radical (unpaired) electrons. The third-order valence-electron chi connectivity index (χ3n) is 26.0. The second-order valence-electron chi connectivity index (χ2n) is 34.1. The van der Waals surface area contributed by atoms with Crippen LogP contribution in [0.3, 0.4) is 0 Å². The van der Waals surface area contributed by atoms with Crippen LogP contribution < -0.4 is 0 Å². The van der Waals surface area contributed by atoms with Crippen molar-refractivity contribution in [2.75, 3.05) is 0 Å². The minimum atomic E-state index is -4.62. The average molecular weight is 1970 g/mol. The Morgan fingerprint density at radius 1 is 0.370 bits per heavy atom. The summed E-state index contributed by atoms with van der Waals surface area (Å²) in [5, 5.41) is 39.8. The van der Waals surface area contributed by atoms with Crippen LogP contribution in [0, 0.1) is 76.8 Å². The minimum Gasteiger partial charge on any atom is -0.480 e. The van der Waals surface area contributed by atoms with Gasteiger partial charge in [-0.05, 0) is 220 Å². The lowest BCUT2D eigenvalue weighted by Gasteiger charge is -2.44. The zero-order valence-electron chi connectivity index (χ0n) is 68.9. The van der Waals surface area contributed by atoms with Crippen molar-refractivity contribution in [3.05, 3.63) is 124 Å². The van der Waals surface area contributed by atoms with Crippen LogP contribution in [0.15, 0.2) is 76.6 Å². The number of carbonyl (C=O) groups is 12. The van der Waals surface area contributed by atoms with Crippen LogP contribution in [0.2, 0.25) is 20.1 Å². The Hall–Kier alpha value is -7.47. The standard InChI is InChI=1S/C24H29ClF3NO4.C22H24Cl2F3NO4.C22H24ClF4NO4.C20H23BrF3NO4S/c25-17-10-6-7-15(13-17)11-12-18-21(23(32)33)29(22(18)31)20(30)14-19(24(26,27)28)16-8-4-2-1-3-5-9-16;2*23-14-7-9-17(24)13(10-14)6-8-15-19(21(31)32)28(20(15)30)18(29)11-16(22(25,26)27)12-4-2-1-3-5-12;21-15-9-7-12(30-15)6-8-13-17(19(28)29)25(18(13)27)16(26)10-14(20(22,23)24)11-4-2-1-3-5-11/h6-7,10,13,16,18-19,21H,1-5,8-9,11-12,14H2,(H,32,33);2*7,9-10,12,15-16,19H,1-6,8,11H2,(H,31,32);7,9,11,13-14,17H,1-6,8,10H2,(H,28,29)/t18-,19+,21+;2*15-,16+,19+;13-,14+,17+/m1111/s1. The summed E-state index contributed by atoms with van der Waals surface area (Å²) in [4.78, 5) is 151. The molecular weight excluding hydrogens is 1870 g/mol. The number of β-lactam (4-membered cyclic amide) rings is 4. The summed E-state index contributed by atoms with van der Waals surface area (Å²) in [6.45, 7) is 0. The highest BCUT2D eigenvalue weighted by Gasteiger charge is 2.61. The molecule has 3 aromatic carbocycles. The van der Waals surface area contributed by atoms with E-state index in [1.165, 1.54) is 23.5 Å². The maximum atomic E-state index is 13.9. The molecule has 4 aliphatic carbocycles. The molecule has 4 aromatic rings. The van der Waals surface area contributed by atoms with Crippen LogP contribution in [0.4, 0.5) is 57.1 Å². The number of rotatable bonds is 28. The molecule has 8 fully saturated rings. The molecule has 5 heterocycles. The summed E-state index contributed by atoms with van der Waals surface area (Å²) in [5.41, 5.74) is 1.62. The lowest BCUT2D eigenvalue weighted by Crippen LogP contribution is -2.66. The predicted octanol–water partition coefficient (Wildman–Crippen LogP) is 21.2. The molecule has 700 valence electrons. The molecule has 1 aromatic heterocycles. The van der Waals surface area contributed by atoms with E-state index in [1.54, 1.807) is 42.5 Å². The predicted molar refractivity (Wildman–Crippen MR) is 444 cm³/mol. The van der Waals surface area contributed by atoms with Crippen molar-refractivity contribution in [1.29, 1.82) is 0 Å². The normalized spacial score (nSPS) is 23.3. The number of amides is 8. The van der Waals surface area contributed by atoms with Gasteiger partial charge in [0.1, 0.15) is 30.0 Å². The molecule has 4 saturated heterocycles. The Kier molecular flexibility index (Phi) is 37.1. The highest BCUT2D eigenvalue weighted by atomic mass is 79.9. The van der Waals surface area contributed by atoms with Gasteiger partial charge in [-0.1, -0.05) is 148 Å². The maximum Gasteiger partial charge on any atom is 0.392 e. The first-order chi connectivity index (χ1) is 59.7. The van der Waals surface area contributed by atoms with Gasteiger partial charge in [-0.15, -0.1) is 11.3 Å². The van der Waals surface area contributed by atoms with Crippen molar-refractivity contribution in [3.63, 3.8) is 0 Å². The van der Waals surface area contributed by atoms with E-state index in [4.69, 9.17) is 46.4 Å². The van der Waals surface area contributed by atoms with Crippen molar-refractivity contribution in [3.8, 4) is 0 Å². The van der Waals surface area contributed by atoms with E-state index in [2.05, 4.69) is 15.9 Å². The lowest BCUT2D eigenvalue weighted by molar-refractivity contribution is -0.200. The van der Waals surface area contributed by atoms with Gasteiger partial charge >= 0.3 is 48.6 Å². The second-order valence-corrected chi connectivity index (χ2v) is 38.4. The molecule has 0 spiro atoms. The van der Waals surface area contributed by atoms with Gasteiger partial charge in [0.25, 0.3) is 0 Å². The van der Waals surface area contributed by atoms with Crippen LogP contribution in [0.5, 0.6) is 0 Å². The molecule has 4 aliphatic heterocycles. The first-order valence-electron chi connectivity index (χ1n) is 42.7. The van der Waals surface area contributed by atoms with Gasteiger partial charge < -0.3 is 20.4 Å². The molecule has 8 aliphatic rings. The quantitative estimate of drug-likeness (QED) is 0.0303. The summed E-state index contributed by atoms with van der Waals surface area (Å²) in [6, 6.07) is 13.4. The van der Waals surface area contributed by atoms with E-state index >= 15 is 0 Å². The van der Waals surface area contributed by atoms with E-state index in [0.29, 0.717) is 156 Å². The number of imide groups is 4. The minimum absolute atomic E-state index is 0.00185. The number of benzene rings is 3. The monoisotopic (exact) mass is 1970 g/mol. The Labute approximate surface area is 757 Å². The summed E-state index contributed by atoms with van der Waals surface area (Å²) < 4.78 is 179. The van der Waals surface area contributed by atoms with Crippen molar-refractivity contribution in [2.24, 2.45) is 71.0 Å². The van der Waals surface area contributed by atoms with Crippen molar-refractivity contribution < 1.29 is 135 Å². The first kappa shape index (κ1) is 103. The number of carboxylic acids is 4. The lowest BCUT2D eigenvalue weighted by atomic mass is 9.77. The SMILES string of the molecule is O=C(O)[C@@H]1[C@@H](CCc2cc(Cl)ccc2Cl)C(=O)N1C(=O)C[C@@H](C1CCCCC1)C(F)(F)F.O=C(O)[C@@H]1[C@@H](CCc2cc(Cl)ccc2F)C(=O)N1C(=O)C[C@@H](C1CCCCC1)C(F)(F)F.O=C(O)[C@@H]1[C@@H](CCc2ccc(Br)s2)C(=O)N1C(=O)C[C@@H](C1CCCCC1)C(F)(F)F.O=C(O)[C@@H]1[C@@H](CCc2cccc(Cl)c2)C(=O)N1C(=O)C[C@@H](C1CCCCCCC1)C(F)(F)F. The molecule has 0 unspecified atom stereocenters. The molecular formula is C88H100BrCl4F13N4O16S. The van der Waals surface area contributed by atoms with Gasteiger partial charge in [-0.3, -0.25) is 58.0 Å². The van der Waals surface area contributed by atoms with E-state index < -0.39 is 223 Å². The number of aliphatic carboxylic acids is 4. The number of hydrogen-bond acceptors (Lipinski definition) is 13. The number of alkyl halides is 12. The van der Waals surface area contributed by atoms with Gasteiger partial charge in [-0.2, -0.15) is 52.7 Å². The third kappa shape index (κ3) is 27.1. The summed E-state index contributed by atoms with van der Waals surface area (Å²) in [6.07, 6.45) is -6.76. The summed E-state index contributed by atoms with van der Waals surface area (Å²) in [5.74, 6) is -27.7. The van der Waals surface area contributed by atoms with Crippen molar-refractivity contribution in [1.82, 2.24) is 19.6 Å². The van der Waals surface area contributed by atoms with E-state index in [0.717, 1.165) is 58.8 Å². The fourth-order valence-corrected chi connectivity index (χ4v) is 21.6. The number of thiophene rings is 1. The number of hydrogen-bond donors (Lipinski definition) is 4. The van der Waals surface area contributed by atoms with Crippen molar-refractivity contribution >= 4 is 145 Å². The van der Waals surface area contributed by atoms with Gasteiger partial charge in [0.15, 0.2) is 0 Å². The van der Waals surface area contributed by atoms with E-state index in [-0.39, 0.29) is 49.1 Å². The van der Waals surface area contributed by atoms with Crippen LogP contribution in [0.25, 0.3) is 0 Å². The Morgan fingerprint density at radius 2 is 0.654 bits per heavy atom. The zero-order chi connectivity index (χ0) is 93.5. The fourth-order valence-electron chi connectivity index (χ4n) is 19.3. The van der Waals surface area contributed by atoms with Crippen LogP contribution in [0.1, 0.15) is 214 Å². The maximum absolute atomic E-state index is 13.9. The van der Waals surface area contributed by atoms with Gasteiger partial charge in [0, 0.05) is 50.7 Å². The molecule has 12 rings (SSSR count). The fraction of sp³-hybridized carbons (Fsp3) is 0.614. The number of carbonyl (C=O) groups excluding carboxylic acids is 8. The van der Waals surface area contributed by atoms with Gasteiger partial charge in [-0.25, -0.2) is 23.6 Å². The van der Waals surface area contributed by atoms with Gasteiger partial charge in [0.05, 0.1) is 51.1 Å². The molecule has 0 bridgehead atoms. The number of halogens is 18. The van der Waals surface area contributed by atoms with Crippen LogP contribution in [-0.4, -0.2) is 160 Å². The van der Waals surface area contributed by atoms with Crippen molar-refractivity contribution in [2.45, 2.75) is 267 Å². The summed E-state index contributed by atoms with van der Waals surface area (Å²) >= 11 is 28.6. The molecule has 12 atom stereocenters. The molecule has 8 amide bonds. The third-order valence-corrected chi connectivity index (χ3v) is 28.8. The van der Waals surface area contributed by atoms with Crippen LogP contribution >= 0.6 is 73.7 Å². The van der Waals surface area contributed by atoms with E-state index in [9.17, 15) is 135 Å². The Balaban J connectivity index is 0.000000191. The molecule has 127 heavy (non-hydrogen) atoms. The first-order valence-corrected chi connectivity index (χ1v) is 45.8. The Bertz CT molecular complexity index is 4430. The topological polar surface area (TPSA) is 299 Å². The molecule has 4 N–H and O–H groups in total. The number of carboxylic acid groups (broad SMARTS) is 4. The molecule has 20 nitrogen and oxygen atoms in total. The average Bonchev–Trinajstić information content (AvgIpc) is 0.892. The Morgan fingerprint density at radius 3 is 0.961 bits per heavy atom. The van der Waals surface area contributed by atoms with Gasteiger partial charge in [0.2, 0.25) is 47.3 Å². The zero-order valence-corrected chi connectivity index (χ0v) is 74.3. The number of aryl methyl sites for hydroxylation is 4. The smallest absolute Gasteiger partial charge is 0.392 e. The largest absolute Gasteiger partial charge is 0.480 e. The second kappa shape index (κ2) is 45.6. The highest BCUT2D eigenvalue weighted by molar-refractivity contribution is 9.11. The summed E-state index contributed by atoms with van der Waals surface area (Å²) in [7, 11) is 0. The molecule has 4 saturated carbocycles. The number of likely N-dealkylation sites (tertiary alicyclic amines) is 4. The number of nitrogens with zero attached hydrogens (tertiary/aromatic N) is 4.